The lowest BCUT2D eigenvalue weighted by Gasteiger charge is -2.22. The molecule has 1 N–H and O–H groups in total. The van der Waals surface area contributed by atoms with E-state index in [2.05, 4.69) is 6.58 Å². The minimum atomic E-state index is -1.08. The summed E-state index contributed by atoms with van der Waals surface area (Å²) in [5.74, 6) is -3.17. The highest BCUT2D eigenvalue weighted by Gasteiger charge is 2.30. The Morgan fingerprint density at radius 2 is 1.76 bits per heavy atom. The Hall–Kier alpha value is -1.93. The summed E-state index contributed by atoms with van der Waals surface area (Å²) >= 11 is 0. The van der Waals surface area contributed by atoms with Crippen LogP contribution < -0.4 is 0 Å². The summed E-state index contributed by atoms with van der Waals surface area (Å²) in [7, 11) is 0. The van der Waals surface area contributed by atoms with Gasteiger partial charge in [0.2, 0.25) is 0 Å². The van der Waals surface area contributed by atoms with E-state index in [0.717, 1.165) is 5.57 Å². The van der Waals surface area contributed by atoms with Crippen molar-refractivity contribution >= 4 is 17.9 Å². The lowest BCUT2D eigenvalue weighted by Crippen LogP contribution is -2.33. The smallest absolute Gasteiger partial charge is 0.314 e. The van der Waals surface area contributed by atoms with Crippen molar-refractivity contribution in [3.63, 3.8) is 0 Å². The van der Waals surface area contributed by atoms with Crippen molar-refractivity contribution in [2.75, 3.05) is 26.4 Å². The monoisotopic (exact) mass is 360 g/mol. The summed E-state index contributed by atoms with van der Waals surface area (Å²) in [5.41, 5.74) is 0.0615. The molecular formula is C17H28O8. The predicted octanol–water partition coefficient (Wildman–Crippen LogP) is 2.12. The molecule has 0 aromatic carbocycles. The van der Waals surface area contributed by atoms with Crippen LogP contribution in [0.1, 0.15) is 40.5 Å². The van der Waals surface area contributed by atoms with Crippen LogP contribution in [-0.4, -0.2) is 49.4 Å². The molecule has 0 saturated heterocycles. The Morgan fingerprint density at radius 1 is 1.12 bits per heavy atom. The molecule has 0 bridgehead atoms. The molecule has 0 aliphatic carbocycles. The molecule has 8 nitrogen and oxygen atoms in total. The molecule has 144 valence electrons. The number of rotatable bonds is 13. The molecule has 0 heterocycles. The number of carbonyl (C=O) groups excluding carboxylic acids is 2. The zero-order valence-electron chi connectivity index (χ0n) is 15.3. The topological polar surface area (TPSA) is 108 Å². The van der Waals surface area contributed by atoms with E-state index >= 15 is 0 Å². The Bertz CT molecular complexity index is 469. The van der Waals surface area contributed by atoms with Crippen LogP contribution in [0.2, 0.25) is 0 Å². The molecule has 0 aromatic heterocycles. The molecule has 0 aromatic rings. The lowest BCUT2D eigenvalue weighted by atomic mass is 9.91. The van der Waals surface area contributed by atoms with Gasteiger partial charge < -0.3 is 14.6 Å². The minimum absolute atomic E-state index is 0.156. The van der Waals surface area contributed by atoms with Crippen molar-refractivity contribution in [1.29, 1.82) is 0 Å². The molecule has 8 heteroatoms. The van der Waals surface area contributed by atoms with E-state index < -0.39 is 29.2 Å². The maximum atomic E-state index is 12.0. The van der Waals surface area contributed by atoms with E-state index in [-0.39, 0.29) is 32.8 Å². The van der Waals surface area contributed by atoms with E-state index in [0.29, 0.717) is 6.42 Å². The fourth-order valence-corrected chi connectivity index (χ4v) is 1.33. The van der Waals surface area contributed by atoms with Gasteiger partial charge in [-0.1, -0.05) is 19.1 Å². The zero-order valence-corrected chi connectivity index (χ0v) is 15.3. The van der Waals surface area contributed by atoms with Crippen LogP contribution in [0.15, 0.2) is 12.2 Å². The van der Waals surface area contributed by atoms with Gasteiger partial charge >= 0.3 is 17.9 Å². The molecule has 0 saturated carbocycles. The molecule has 0 amide bonds. The molecule has 25 heavy (non-hydrogen) atoms. The van der Waals surface area contributed by atoms with Crippen molar-refractivity contribution in [1.82, 2.24) is 0 Å². The molecule has 0 aliphatic rings. The molecule has 0 fully saturated rings. The number of esters is 2. The van der Waals surface area contributed by atoms with Gasteiger partial charge in [-0.25, -0.2) is 9.78 Å². The third-order valence-corrected chi connectivity index (χ3v) is 3.40. The average molecular weight is 360 g/mol. The maximum Gasteiger partial charge on any atom is 0.314 e. The third kappa shape index (κ3) is 10.5. The van der Waals surface area contributed by atoms with Gasteiger partial charge in [-0.05, 0) is 27.2 Å². The lowest BCUT2D eigenvalue weighted by molar-refractivity contribution is -0.295. The van der Waals surface area contributed by atoms with E-state index in [1.807, 2.05) is 6.92 Å². The van der Waals surface area contributed by atoms with Crippen molar-refractivity contribution in [3.8, 4) is 0 Å². The highest BCUT2D eigenvalue weighted by atomic mass is 17.2. The van der Waals surface area contributed by atoms with Gasteiger partial charge in [0.05, 0.1) is 18.4 Å². The second-order valence-electron chi connectivity index (χ2n) is 6.35. The van der Waals surface area contributed by atoms with Gasteiger partial charge in [0.1, 0.15) is 25.7 Å². The van der Waals surface area contributed by atoms with Gasteiger partial charge in [0.15, 0.2) is 0 Å². The van der Waals surface area contributed by atoms with Gasteiger partial charge in [-0.3, -0.25) is 14.4 Å². The van der Waals surface area contributed by atoms with Crippen LogP contribution in [0.5, 0.6) is 0 Å². The quantitative estimate of drug-likeness (QED) is 0.175. The Morgan fingerprint density at radius 3 is 2.28 bits per heavy atom. The predicted molar refractivity (Wildman–Crippen MR) is 88.5 cm³/mol. The largest absolute Gasteiger partial charge is 0.481 e. The van der Waals surface area contributed by atoms with Crippen LogP contribution in [0.25, 0.3) is 0 Å². The summed E-state index contributed by atoms with van der Waals surface area (Å²) in [6, 6.07) is 0. The summed E-state index contributed by atoms with van der Waals surface area (Å²) < 4.78 is 10.1. The van der Waals surface area contributed by atoms with Crippen LogP contribution in [0.4, 0.5) is 0 Å². The Balaban J connectivity index is 4.59. The van der Waals surface area contributed by atoms with Crippen molar-refractivity contribution in [2.45, 2.75) is 40.5 Å². The number of carbonyl (C=O) groups is 3. The second kappa shape index (κ2) is 11.6. The zero-order chi connectivity index (χ0) is 19.5. The normalized spacial score (nSPS) is 12.3. The van der Waals surface area contributed by atoms with Crippen LogP contribution in [-0.2, 0) is 33.6 Å². The van der Waals surface area contributed by atoms with E-state index in [1.165, 1.54) is 0 Å². The minimum Gasteiger partial charge on any atom is -0.481 e. The van der Waals surface area contributed by atoms with Gasteiger partial charge in [-0.2, -0.15) is 0 Å². The second-order valence-corrected chi connectivity index (χ2v) is 6.35. The summed E-state index contributed by atoms with van der Waals surface area (Å²) in [5, 5.41) is 8.57. The Labute approximate surface area is 148 Å². The van der Waals surface area contributed by atoms with E-state index in [4.69, 9.17) is 24.4 Å². The average Bonchev–Trinajstić information content (AvgIpc) is 2.52. The fraction of sp³-hybridized carbons (Fsp3) is 0.706. The first-order valence-electron chi connectivity index (χ1n) is 8.04. The van der Waals surface area contributed by atoms with Crippen molar-refractivity contribution in [2.24, 2.45) is 11.3 Å². The first-order valence-corrected chi connectivity index (χ1v) is 8.04. The van der Waals surface area contributed by atoms with Crippen LogP contribution in [0, 0.1) is 11.3 Å². The highest BCUT2D eigenvalue weighted by Crippen LogP contribution is 2.22. The third-order valence-electron chi connectivity index (χ3n) is 3.40. The first-order chi connectivity index (χ1) is 11.6. The van der Waals surface area contributed by atoms with Crippen LogP contribution in [0.3, 0.4) is 0 Å². The Kier molecular flexibility index (Phi) is 10.7. The number of carboxylic acids is 1. The van der Waals surface area contributed by atoms with Gasteiger partial charge in [0, 0.05) is 0 Å². The van der Waals surface area contributed by atoms with Crippen molar-refractivity contribution in [3.05, 3.63) is 12.2 Å². The number of hydrogen-bond donors (Lipinski definition) is 1. The molecule has 1 atom stereocenters. The first kappa shape index (κ1) is 23.1. The highest BCUT2D eigenvalue weighted by molar-refractivity contribution is 5.77. The van der Waals surface area contributed by atoms with Crippen LogP contribution >= 0.6 is 0 Å². The maximum absolute atomic E-state index is 12.0. The molecule has 0 spiro atoms. The standard InChI is InChI=1S/C17H28O8/c1-6-17(4,5)16(21)23-10-13(11-25-24-9-12(2)3)15(20)22-8-7-14(18)19/h13H,2,6-11H2,1,3-5H3,(H,18,19). The van der Waals surface area contributed by atoms with Gasteiger partial charge in [-0.15, -0.1) is 0 Å². The van der Waals surface area contributed by atoms with E-state index in [1.54, 1.807) is 20.8 Å². The molecule has 0 rings (SSSR count). The fourth-order valence-electron chi connectivity index (χ4n) is 1.33. The summed E-state index contributed by atoms with van der Waals surface area (Å²) in [4.78, 5) is 44.3. The number of ether oxygens (including phenoxy) is 2. The van der Waals surface area contributed by atoms with Crippen molar-refractivity contribution < 1.29 is 38.7 Å². The van der Waals surface area contributed by atoms with Gasteiger partial charge in [0.25, 0.3) is 0 Å². The summed E-state index contributed by atoms with van der Waals surface area (Å²) in [6.07, 6.45) is 0.270. The molecule has 0 aliphatic heterocycles. The number of aliphatic carboxylic acids is 1. The summed E-state index contributed by atoms with van der Waals surface area (Å²) in [6.45, 7) is 10.2. The number of carboxylic acid groups (broad SMARTS) is 1. The molecule has 1 unspecified atom stereocenters. The molecular weight excluding hydrogens is 332 g/mol. The number of hydrogen-bond acceptors (Lipinski definition) is 7. The molecule has 0 radical (unpaired) electrons. The van der Waals surface area contributed by atoms with E-state index in [9.17, 15) is 14.4 Å². The SMILES string of the molecule is C=C(C)COOCC(COC(=O)C(C)(C)CC)C(=O)OCCC(=O)O.